The maximum absolute atomic E-state index is 9.63. The Morgan fingerprint density at radius 3 is 2.36 bits per heavy atom. The molecule has 0 unspecified atom stereocenters. The summed E-state index contributed by atoms with van der Waals surface area (Å²) in [4.78, 5) is 0.515. The van der Waals surface area contributed by atoms with Crippen molar-refractivity contribution in [3.8, 4) is 5.75 Å². The minimum absolute atomic E-state index is 0.0545. The van der Waals surface area contributed by atoms with E-state index in [2.05, 4.69) is 33.4 Å². The predicted octanol–water partition coefficient (Wildman–Crippen LogP) is 3.03. The lowest BCUT2D eigenvalue weighted by molar-refractivity contribution is 0.456. The molecule has 0 aliphatic rings. The smallest absolute Gasteiger partial charge is 0.100 e. The van der Waals surface area contributed by atoms with E-state index in [-0.39, 0.29) is 11.2 Å². The lowest BCUT2D eigenvalue weighted by atomic mass is 9.86. The van der Waals surface area contributed by atoms with E-state index in [0.29, 0.717) is 10.6 Å². The fourth-order valence-corrected chi connectivity index (χ4v) is 1.72. The van der Waals surface area contributed by atoms with Gasteiger partial charge in [-0.25, -0.2) is 0 Å². The molecule has 0 bridgehead atoms. The number of benzene rings is 1. The standard InChI is InChI=1S/C11H16OS2/c1-11(2,3)8-4-7(6-13)10(12)9(14)5-8/h4-5,12-14H,6H2,1-3H3/p-1. The van der Waals surface area contributed by atoms with Crippen molar-refractivity contribution in [1.82, 2.24) is 0 Å². The zero-order chi connectivity index (χ0) is 10.9. The van der Waals surface area contributed by atoms with Gasteiger partial charge in [-0.15, -0.1) is 4.90 Å². The molecule has 0 amide bonds. The van der Waals surface area contributed by atoms with E-state index in [1.165, 1.54) is 0 Å². The first-order valence-electron chi connectivity index (χ1n) is 4.50. The molecule has 1 aromatic carbocycles. The van der Waals surface area contributed by atoms with Gasteiger partial charge in [-0.05, 0) is 11.0 Å². The van der Waals surface area contributed by atoms with Crippen molar-refractivity contribution < 1.29 is 5.11 Å². The highest BCUT2D eigenvalue weighted by Gasteiger charge is 2.15. The minimum atomic E-state index is 0.0545. The molecule has 1 aromatic rings. The summed E-state index contributed by atoms with van der Waals surface area (Å²) in [7, 11) is 0. The third kappa shape index (κ3) is 2.34. The van der Waals surface area contributed by atoms with Crippen molar-refractivity contribution in [3.05, 3.63) is 23.3 Å². The Morgan fingerprint density at radius 1 is 1.36 bits per heavy atom. The lowest BCUT2D eigenvalue weighted by Gasteiger charge is -2.24. The van der Waals surface area contributed by atoms with Gasteiger partial charge in [0, 0.05) is 11.3 Å². The molecular weight excluding hydrogens is 212 g/mol. The highest BCUT2D eigenvalue weighted by atomic mass is 32.1. The van der Waals surface area contributed by atoms with Crippen molar-refractivity contribution >= 4 is 25.3 Å². The van der Waals surface area contributed by atoms with Gasteiger partial charge in [0.05, 0.1) is 0 Å². The van der Waals surface area contributed by atoms with E-state index in [1.54, 1.807) is 0 Å². The van der Waals surface area contributed by atoms with Crippen LogP contribution in [0.4, 0.5) is 0 Å². The van der Waals surface area contributed by atoms with Crippen molar-refractivity contribution in [1.29, 1.82) is 0 Å². The van der Waals surface area contributed by atoms with Gasteiger partial charge < -0.3 is 17.7 Å². The summed E-state index contributed by atoms with van der Waals surface area (Å²) in [6.45, 7) is 6.36. The van der Waals surface area contributed by atoms with E-state index < -0.39 is 0 Å². The molecule has 0 aliphatic heterocycles. The number of rotatable bonds is 1. The largest absolute Gasteiger partial charge is 0.776 e. The summed E-state index contributed by atoms with van der Waals surface area (Å²) in [6.07, 6.45) is 0. The maximum Gasteiger partial charge on any atom is 0.100 e. The highest BCUT2D eigenvalue weighted by molar-refractivity contribution is 7.79. The van der Waals surface area contributed by atoms with Gasteiger partial charge in [0.25, 0.3) is 0 Å². The molecule has 0 saturated heterocycles. The lowest BCUT2D eigenvalue weighted by Crippen LogP contribution is -2.11. The molecular formula is C11H15OS2-. The fourth-order valence-electron chi connectivity index (χ4n) is 1.22. The number of hydrogen-bond donors (Lipinski definition) is 2. The molecule has 1 N–H and O–H groups in total. The molecule has 1 rings (SSSR count). The molecule has 0 spiro atoms. The second-order valence-electron chi connectivity index (χ2n) is 4.39. The number of aromatic hydroxyl groups is 1. The zero-order valence-corrected chi connectivity index (χ0v) is 10.4. The number of phenolic OH excluding ortho intramolecular Hbond substituents is 1. The van der Waals surface area contributed by atoms with Gasteiger partial charge in [0.15, 0.2) is 0 Å². The van der Waals surface area contributed by atoms with Crippen LogP contribution in [0, 0.1) is 0 Å². The molecule has 3 heteroatoms. The second kappa shape index (κ2) is 3.99. The van der Waals surface area contributed by atoms with Crippen LogP contribution >= 0.6 is 12.6 Å². The molecule has 14 heavy (non-hydrogen) atoms. The van der Waals surface area contributed by atoms with Gasteiger partial charge in [0.1, 0.15) is 5.75 Å². The van der Waals surface area contributed by atoms with Gasteiger partial charge >= 0.3 is 0 Å². The maximum atomic E-state index is 9.63. The van der Waals surface area contributed by atoms with Crippen molar-refractivity contribution in [2.75, 3.05) is 0 Å². The molecule has 0 saturated carbocycles. The van der Waals surface area contributed by atoms with Crippen LogP contribution in [0.1, 0.15) is 31.9 Å². The number of hydrogen-bond acceptors (Lipinski definition) is 3. The monoisotopic (exact) mass is 227 g/mol. The first-order valence-corrected chi connectivity index (χ1v) is 5.54. The van der Waals surface area contributed by atoms with Crippen LogP contribution in [-0.2, 0) is 23.8 Å². The predicted molar refractivity (Wildman–Crippen MR) is 65.1 cm³/mol. The molecule has 78 valence electrons. The van der Waals surface area contributed by atoms with Crippen LogP contribution in [0.2, 0.25) is 0 Å². The molecule has 0 heterocycles. The van der Waals surface area contributed by atoms with Crippen molar-refractivity contribution in [2.24, 2.45) is 0 Å². The molecule has 1 nitrogen and oxygen atoms in total. The summed E-state index contributed by atoms with van der Waals surface area (Å²) < 4.78 is 0. The van der Waals surface area contributed by atoms with Crippen LogP contribution in [0.25, 0.3) is 0 Å². The SMILES string of the molecule is CC(C)(C)c1cc([S-])c(O)c(CS)c1. The molecule has 0 aromatic heterocycles. The summed E-state index contributed by atoms with van der Waals surface area (Å²) in [5.41, 5.74) is 2.01. The first-order chi connectivity index (χ1) is 6.36. The van der Waals surface area contributed by atoms with Gasteiger partial charge in [-0.1, -0.05) is 32.9 Å². The molecule has 0 fully saturated rings. The summed E-state index contributed by atoms with van der Waals surface area (Å²) in [5, 5.41) is 9.63. The van der Waals surface area contributed by atoms with Gasteiger partial charge in [0.2, 0.25) is 0 Å². The van der Waals surface area contributed by atoms with E-state index in [4.69, 9.17) is 12.6 Å². The van der Waals surface area contributed by atoms with Crippen LogP contribution in [0.5, 0.6) is 5.75 Å². The Bertz CT molecular complexity index is 340. The van der Waals surface area contributed by atoms with Crippen LogP contribution < -0.4 is 0 Å². The Kier molecular flexibility index (Phi) is 3.32. The quantitative estimate of drug-likeness (QED) is 0.568. The third-order valence-electron chi connectivity index (χ3n) is 2.19. The Hall–Kier alpha value is -0.410. The Balaban J connectivity index is 3.30. The van der Waals surface area contributed by atoms with E-state index >= 15 is 0 Å². The third-order valence-corrected chi connectivity index (χ3v) is 2.84. The topological polar surface area (TPSA) is 20.2 Å². The first kappa shape index (κ1) is 11.7. The van der Waals surface area contributed by atoms with Gasteiger partial charge in [-0.3, -0.25) is 0 Å². The normalized spacial score (nSPS) is 11.7. The summed E-state index contributed by atoms with van der Waals surface area (Å²) in [6, 6.07) is 3.83. The van der Waals surface area contributed by atoms with Crippen molar-refractivity contribution in [3.63, 3.8) is 0 Å². The summed E-state index contributed by atoms with van der Waals surface area (Å²) in [5.74, 6) is 0.711. The zero-order valence-electron chi connectivity index (χ0n) is 8.66. The number of phenols is 1. The van der Waals surface area contributed by atoms with E-state index in [1.807, 2.05) is 12.1 Å². The Morgan fingerprint density at radius 2 is 1.93 bits per heavy atom. The van der Waals surface area contributed by atoms with Crippen LogP contribution in [-0.4, -0.2) is 5.11 Å². The summed E-state index contributed by atoms with van der Waals surface area (Å²) >= 11 is 9.24. The molecule has 0 aliphatic carbocycles. The highest BCUT2D eigenvalue weighted by Crippen LogP contribution is 2.31. The van der Waals surface area contributed by atoms with Crippen LogP contribution in [0.15, 0.2) is 17.0 Å². The minimum Gasteiger partial charge on any atom is -0.776 e. The average Bonchev–Trinajstić information content (AvgIpc) is 2.07. The second-order valence-corrected chi connectivity index (χ2v) is 5.15. The van der Waals surface area contributed by atoms with E-state index in [9.17, 15) is 5.11 Å². The Labute approximate surface area is 96.4 Å². The fraction of sp³-hybridized carbons (Fsp3) is 0.455. The van der Waals surface area contributed by atoms with Gasteiger partial charge in [-0.2, -0.15) is 12.6 Å². The molecule has 0 atom stereocenters. The van der Waals surface area contributed by atoms with E-state index in [0.717, 1.165) is 11.1 Å². The average molecular weight is 227 g/mol. The van der Waals surface area contributed by atoms with Crippen LogP contribution in [0.3, 0.4) is 0 Å². The number of thiol groups is 1. The molecule has 0 radical (unpaired) electrons. The van der Waals surface area contributed by atoms with Crippen molar-refractivity contribution in [2.45, 2.75) is 36.8 Å².